The Kier molecular flexibility index (Phi) is 4.64. The molecular formula is C14H15ClN2S. The van der Waals surface area contributed by atoms with E-state index in [1.54, 1.807) is 11.8 Å². The van der Waals surface area contributed by atoms with E-state index in [0.29, 0.717) is 0 Å². The molecule has 0 bridgehead atoms. The van der Waals surface area contributed by atoms with Crippen molar-refractivity contribution in [1.82, 2.24) is 4.98 Å². The summed E-state index contributed by atoms with van der Waals surface area (Å²) in [6.45, 7) is 1.95. The van der Waals surface area contributed by atoms with Gasteiger partial charge in [-0.15, -0.1) is 11.8 Å². The van der Waals surface area contributed by atoms with Gasteiger partial charge < -0.3 is 5.73 Å². The maximum absolute atomic E-state index is 6.11. The SMILES string of the molecule is C[C@@H](N)c1ccc(SCc2ccccc2Cl)nc1. The highest BCUT2D eigenvalue weighted by Gasteiger charge is 2.03. The molecule has 0 aliphatic rings. The Balaban J connectivity index is 2.00. The summed E-state index contributed by atoms with van der Waals surface area (Å²) >= 11 is 7.78. The molecular weight excluding hydrogens is 264 g/mol. The molecule has 1 aromatic heterocycles. The molecule has 0 saturated carbocycles. The standard InChI is InChI=1S/C14H15ClN2S/c1-10(16)11-6-7-14(17-8-11)18-9-12-4-2-3-5-13(12)15/h2-8,10H,9,16H2,1H3/t10-/m1/s1. The second-order valence-electron chi connectivity index (χ2n) is 4.10. The molecule has 1 aromatic carbocycles. The normalized spacial score (nSPS) is 12.4. The minimum atomic E-state index is 0.0279. The molecule has 2 rings (SSSR count). The lowest BCUT2D eigenvalue weighted by atomic mass is 10.2. The van der Waals surface area contributed by atoms with Crippen LogP contribution >= 0.6 is 23.4 Å². The first kappa shape index (κ1) is 13.4. The largest absolute Gasteiger partial charge is 0.324 e. The summed E-state index contributed by atoms with van der Waals surface area (Å²) in [5.41, 5.74) is 7.96. The van der Waals surface area contributed by atoms with Crippen LogP contribution in [-0.4, -0.2) is 4.98 Å². The number of nitrogens with zero attached hydrogens (tertiary/aromatic N) is 1. The fourth-order valence-electron chi connectivity index (χ4n) is 1.51. The number of rotatable bonds is 4. The fraction of sp³-hybridized carbons (Fsp3) is 0.214. The lowest BCUT2D eigenvalue weighted by Gasteiger charge is -2.06. The Hall–Kier alpha value is -1.03. The third-order valence-electron chi connectivity index (χ3n) is 2.62. The molecule has 94 valence electrons. The van der Waals surface area contributed by atoms with Gasteiger partial charge in [-0.05, 0) is 30.2 Å². The van der Waals surface area contributed by atoms with Crippen molar-refractivity contribution in [3.63, 3.8) is 0 Å². The second kappa shape index (κ2) is 6.23. The van der Waals surface area contributed by atoms with Crippen LogP contribution in [0.25, 0.3) is 0 Å². The molecule has 0 spiro atoms. The van der Waals surface area contributed by atoms with Gasteiger partial charge in [0.1, 0.15) is 0 Å². The average molecular weight is 279 g/mol. The van der Waals surface area contributed by atoms with E-state index in [4.69, 9.17) is 17.3 Å². The zero-order valence-corrected chi connectivity index (χ0v) is 11.7. The van der Waals surface area contributed by atoms with Crippen molar-refractivity contribution in [2.24, 2.45) is 5.73 Å². The third kappa shape index (κ3) is 3.48. The molecule has 18 heavy (non-hydrogen) atoms. The van der Waals surface area contributed by atoms with Crippen LogP contribution in [0.15, 0.2) is 47.6 Å². The molecule has 4 heteroatoms. The second-order valence-corrected chi connectivity index (χ2v) is 5.50. The van der Waals surface area contributed by atoms with E-state index in [1.165, 1.54) is 0 Å². The van der Waals surface area contributed by atoms with Crippen molar-refractivity contribution in [2.75, 3.05) is 0 Å². The van der Waals surface area contributed by atoms with Crippen LogP contribution in [-0.2, 0) is 5.75 Å². The number of nitrogens with two attached hydrogens (primary N) is 1. The van der Waals surface area contributed by atoms with Crippen LogP contribution in [0.3, 0.4) is 0 Å². The van der Waals surface area contributed by atoms with Gasteiger partial charge in [0.15, 0.2) is 0 Å². The molecule has 2 N–H and O–H groups in total. The first-order valence-electron chi connectivity index (χ1n) is 5.74. The van der Waals surface area contributed by atoms with Crippen molar-refractivity contribution in [1.29, 1.82) is 0 Å². The molecule has 0 fully saturated rings. The molecule has 0 radical (unpaired) electrons. The Morgan fingerprint density at radius 3 is 2.67 bits per heavy atom. The van der Waals surface area contributed by atoms with Crippen LogP contribution in [0.1, 0.15) is 24.1 Å². The van der Waals surface area contributed by atoms with Gasteiger partial charge in [0, 0.05) is 23.0 Å². The van der Waals surface area contributed by atoms with Crippen molar-refractivity contribution in [3.8, 4) is 0 Å². The Morgan fingerprint density at radius 2 is 2.06 bits per heavy atom. The highest BCUT2D eigenvalue weighted by Crippen LogP contribution is 2.25. The average Bonchev–Trinajstić information content (AvgIpc) is 2.38. The third-order valence-corrected chi connectivity index (χ3v) is 3.98. The number of hydrogen-bond donors (Lipinski definition) is 1. The minimum Gasteiger partial charge on any atom is -0.324 e. The smallest absolute Gasteiger partial charge is 0.0963 e. The van der Waals surface area contributed by atoms with E-state index < -0.39 is 0 Å². The highest BCUT2D eigenvalue weighted by molar-refractivity contribution is 7.98. The predicted octanol–water partition coefficient (Wildman–Crippen LogP) is 4.05. The van der Waals surface area contributed by atoms with Crippen LogP contribution < -0.4 is 5.73 Å². The van der Waals surface area contributed by atoms with Gasteiger partial charge in [-0.2, -0.15) is 0 Å². The predicted molar refractivity (Wildman–Crippen MR) is 77.9 cm³/mol. The maximum Gasteiger partial charge on any atom is 0.0963 e. The van der Waals surface area contributed by atoms with E-state index in [9.17, 15) is 0 Å². The van der Waals surface area contributed by atoms with Gasteiger partial charge in [-0.3, -0.25) is 0 Å². The Morgan fingerprint density at radius 1 is 1.28 bits per heavy atom. The number of aromatic nitrogens is 1. The van der Waals surface area contributed by atoms with Crippen LogP contribution in [0.2, 0.25) is 5.02 Å². The van der Waals surface area contributed by atoms with Gasteiger partial charge in [0.05, 0.1) is 5.03 Å². The summed E-state index contributed by atoms with van der Waals surface area (Å²) in [6.07, 6.45) is 1.83. The number of thioether (sulfide) groups is 1. The van der Waals surface area contributed by atoms with Crippen LogP contribution in [0.5, 0.6) is 0 Å². The first-order valence-corrected chi connectivity index (χ1v) is 7.11. The van der Waals surface area contributed by atoms with E-state index in [-0.39, 0.29) is 6.04 Å². The molecule has 0 unspecified atom stereocenters. The summed E-state index contributed by atoms with van der Waals surface area (Å²) in [7, 11) is 0. The highest BCUT2D eigenvalue weighted by atomic mass is 35.5. The first-order chi connectivity index (χ1) is 8.66. The summed E-state index contributed by atoms with van der Waals surface area (Å²) in [6, 6.07) is 11.9. The number of benzene rings is 1. The maximum atomic E-state index is 6.11. The van der Waals surface area contributed by atoms with E-state index in [0.717, 1.165) is 26.9 Å². The van der Waals surface area contributed by atoms with Crippen molar-refractivity contribution in [3.05, 3.63) is 58.7 Å². The van der Waals surface area contributed by atoms with Crippen molar-refractivity contribution < 1.29 is 0 Å². The van der Waals surface area contributed by atoms with Crippen molar-refractivity contribution >= 4 is 23.4 Å². The van der Waals surface area contributed by atoms with Gasteiger partial charge >= 0.3 is 0 Å². The molecule has 1 atom stereocenters. The summed E-state index contributed by atoms with van der Waals surface area (Å²) < 4.78 is 0. The Labute approximate surface area is 117 Å². The van der Waals surface area contributed by atoms with Crippen LogP contribution in [0, 0.1) is 0 Å². The van der Waals surface area contributed by atoms with E-state index in [1.807, 2.05) is 49.5 Å². The number of hydrogen-bond acceptors (Lipinski definition) is 3. The fourth-order valence-corrected chi connectivity index (χ4v) is 2.64. The van der Waals surface area contributed by atoms with Crippen LogP contribution in [0.4, 0.5) is 0 Å². The van der Waals surface area contributed by atoms with Crippen molar-refractivity contribution in [2.45, 2.75) is 23.7 Å². The molecule has 0 saturated heterocycles. The molecule has 0 amide bonds. The summed E-state index contributed by atoms with van der Waals surface area (Å²) in [4.78, 5) is 4.38. The molecule has 2 aromatic rings. The Bertz CT molecular complexity index is 511. The number of pyridine rings is 1. The van der Waals surface area contributed by atoms with E-state index in [2.05, 4.69) is 4.98 Å². The van der Waals surface area contributed by atoms with E-state index >= 15 is 0 Å². The molecule has 0 aliphatic carbocycles. The lowest BCUT2D eigenvalue weighted by molar-refractivity contribution is 0.806. The molecule has 2 nitrogen and oxygen atoms in total. The monoisotopic (exact) mass is 278 g/mol. The van der Waals surface area contributed by atoms with Gasteiger partial charge in [0.2, 0.25) is 0 Å². The van der Waals surface area contributed by atoms with Gasteiger partial charge in [-0.25, -0.2) is 4.98 Å². The van der Waals surface area contributed by atoms with Gasteiger partial charge in [0.25, 0.3) is 0 Å². The number of halogens is 1. The zero-order valence-electron chi connectivity index (χ0n) is 10.1. The summed E-state index contributed by atoms with van der Waals surface area (Å²) in [5.74, 6) is 0.824. The minimum absolute atomic E-state index is 0.0279. The molecule has 0 aliphatic heterocycles. The van der Waals surface area contributed by atoms with Gasteiger partial charge in [-0.1, -0.05) is 35.9 Å². The summed E-state index contributed by atoms with van der Waals surface area (Å²) in [5, 5.41) is 1.79. The lowest BCUT2D eigenvalue weighted by Crippen LogP contribution is -2.04. The molecule has 1 heterocycles. The topological polar surface area (TPSA) is 38.9 Å². The zero-order chi connectivity index (χ0) is 13.0. The quantitative estimate of drug-likeness (QED) is 0.858.